The number of ether oxygens (including phenoxy) is 1. The Hall–Kier alpha value is -2.44. The summed E-state index contributed by atoms with van der Waals surface area (Å²) in [7, 11) is 0. The Kier molecular flexibility index (Phi) is 6.08. The van der Waals surface area contributed by atoms with E-state index in [1.54, 1.807) is 6.92 Å². The van der Waals surface area contributed by atoms with Crippen LogP contribution in [-0.4, -0.2) is 28.5 Å². The lowest BCUT2D eigenvalue weighted by Gasteiger charge is -2.16. The lowest BCUT2D eigenvalue weighted by atomic mass is 9.97. The molecule has 1 aliphatic carbocycles. The number of carbonyl (C=O) groups is 1. The smallest absolute Gasteiger partial charge is 0.406 e. The van der Waals surface area contributed by atoms with E-state index in [2.05, 4.69) is 16.4 Å². The summed E-state index contributed by atoms with van der Waals surface area (Å²) in [6.07, 6.45) is 8.25. The van der Waals surface area contributed by atoms with Crippen LogP contribution in [0.4, 0.5) is 5.82 Å². The third-order valence-electron chi connectivity index (χ3n) is 3.73. The van der Waals surface area contributed by atoms with E-state index in [-0.39, 0.29) is 17.5 Å². The van der Waals surface area contributed by atoms with E-state index in [4.69, 9.17) is 4.74 Å². The van der Waals surface area contributed by atoms with Gasteiger partial charge in [-0.1, -0.05) is 11.6 Å². The van der Waals surface area contributed by atoms with Gasteiger partial charge in [-0.15, -0.1) is 0 Å². The summed E-state index contributed by atoms with van der Waals surface area (Å²) in [6, 6.07) is 2.96. The van der Waals surface area contributed by atoms with Crippen LogP contribution in [0.15, 0.2) is 30.0 Å². The highest BCUT2D eigenvalue weighted by Crippen LogP contribution is 2.24. The van der Waals surface area contributed by atoms with Gasteiger partial charge in [-0.2, -0.15) is 0 Å². The van der Waals surface area contributed by atoms with E-state index in [0.717, 1.165) is 19.3 Å². The van der Waals surface area contributed by atoms with Gasteiger partial charge in [-0.3, -0.25) is 4.79 Å². The van der Waals surface area contributed by atoms with E-state index in [1.165, 1.54) is 36.7 Å². The van der Waals surface area contributed by atoms with Crippen LogP contribution in [0.3, 0.4) is 0 Å². The summed E-state index contributed by atoms with van der Waals surface area (Å²) in [4.78, 5) is 25.9. The molecule has 1 heterocycles. The zero-order chi connectivity index (χ0) is 16.7. The Morgan fingerprint density at radius 2 is 2.35 bits per heavy atom. The number of aromatic nitrogens is 1. The summed E-state index contributed by atoms with van der Waals surface area (Å²) in [5, 5.41) is 13.7. The van der Waals surface area contributed by atoms with Crippen molar-refractivity contribution in [3.63, 3.8) is 0 Å². The average molecular weight is 319 g/mol. The van der Waals surface area contributed by atoms with Gasteiger partial charge >= 0.3 is 5.82 Å². The first-order valence-corrected chi connectivity index (χ1v) is 7.79. The van der Waals surface area contributed by atoms with Gasteiger partial charge in [0.05, 0.1) is 0 Å². The van der Waals surface area contributed by atoms with Crippen LogP contribution in [0.5, 0.6) is 5.75 Å². The average Bonchev–Trinajstić information content (AvgIpc) is 2.56. The summed E-state index contributed by atoms with van der Waals surface area (Å²) in [6.45, 7) is 2.11. The highest BCUT2D eigenvalue weighted by atomic mass is 16.6. The van der Waals surface area contributed by atoms with Crippen LogP contribution in [0.2, 0.25) is 0 Å². The number of amides is 1. The molecule has 1 aliphatic rings. The van der Waals surface area contributed by atoms with Crippen LogP contribution in [0.25, 0.3) is 0 Å². The van der Waals surface area contributed by atoms with Crippen molar-refractivity contribution >= 4 is 11.7 Å². The molecule has 1 aromatic rings. The minimum Gasteiger partial charge on any atom is -0.473 e. The van der Waals surface area contributed by atoms with Crippen molar-refractivity contribution in [3.8, 4) is 5.75 Å². The standard InChI is InChI=1S/C16H21N3O4/c1-12(23-14-8-5-10-17-15(14)19(21)22)16(20)18-11-9-13-6-3-2-4-7-13/h5-6,8,10,12H,2-4,7,9,11H2,1H3,(H,18,20). The van der Waals surface area contributed by atoms with Crippen molar-refractivity contribution < 1.29 is 14.5 Å². The van der Waals surface area contributed by atoms with Gasteiger partial charge in [0.15, 0.2) is 6.10 Å². The topological polar surface area (TPSA) is 94.4 Å². The highest BCUT2D eigenvalue weighted by molar-refractivity contribution is 5.80. The van der Waals surface area contributed by atoms with Crippen molar-refractivity contribution in [1.29, 1.82) is 0 Å². The van der Waals surface area contributed by atoms with Crippen LogP contribution < -0.4 is 10.1 Å². The number of nitro groups is 1. The predicted molar refractivity (Wildman–Crippen MR) is 85.2 cm³/mol. The summed E-state index contributed by atoms with van der Waals surface area (Å²) in [5.41, 5.74) is 1.38. The molecule has 124 valence electrons. The molecule has 0 fully saturated rings. The van der Waals surface area contributed by atoms with Crippen LogP contribution in [0.1, 0.15) is 39.0 Å². The third kappa shape index (κ3) is 5.05. The van der Waals surface area contributed by atoms with Crippen LogP contribution in [0, 0.1) is 10.1 Å². The SMILES string of the molecule is CC(Oc1cccnc1[N+](=O)[O-])C(=O)NCCC1=CCCCC1. The van der Waals surface area contributed by atoms with E-state index in [9.17, 15) is 14.9 Å². The number of nitrogens with zero attached hydrogens (tertiary/aromatic N) is 2. The van der Waals surface area contributed by atoms with Gasteiger partial charge in [0.1, 0.15) is 6.20 Å². The molecule has 1 amide bonds. The van der Waals surface area contributed by atoms with Crippen molar-refractivity contribution in [3.05, 3.63) is 40.1 Å². The van der Waals surface area contributed by atoms with Crippen molar-refractivity contribution in [2.75, 3.05) is 6.54 Å². The molecule has 2 rings (SSSR count). The number of allylic oxidation sites excluding steroid dienone is 1. The summed E-state index contributed by atoms with van der Waals surface area (Å²) in [5.74, 6) is -0.686. The molecule has 7 heteroatoms. The number of hydrogen-bond acceptors (Lipinski definition) is 5. The Bertz CT molecular complexity index is 601. The Balaban J connectivity index is 1.83. The van der Waals surface area contributed by atoms with Gasteiger partial charge in [-0.05, 0) is 61.1 Å². The fraction of sp³-hybridized carbons (Fsp3) is 0.500. The quantitative estimate of drug-likeness (QED) is 0.474. The molecule has 1 unspecified atom stereocenters. The van der Waals surface area contributed by atoms with Crippen molar-refractivity contribution in [2.24, 2.45) is 0 Å². The maximum atomic E-state index is 12.0. The number of carbonyl (C=O) groups excluding carboxylic acids is 1. The van der Waals surface area contributed by atoms with E-state index in [0.29, 0.717) is 6.54 Å². The molecule has 1 aromatic heterocycles. The zero-order valence-electron chi connectivity index (χ0n) is 13.2. The molecular formula is C16H21N3O4. The van der Waals surface area contributed by atoms with Gasteiger partial charge in [0.25, 0.3) is 5.91 Å². The molecule has 7 nitrogen and oxygen atoms in total. The molecular weight excluding hydrogens is 298 g/mol. The largest absolute Gasteiger partial charge is 0.473 e. The molecule has 0 aromatic carbocycles. The molecule has 0 aliphatic heterocycles. The maximum absolute atomic E-state index is 12.0. The first-order chi connectivity index (χ1) is 11.1. The molecule has 0 saturated heterocycles. The second-order valence-electron chi connectivity index (χ2n) is 5.49. The summed E-state index contributed by atoms with van der Waals surface area (Å²) >= 11 is 0. The molecule has 23 heavy (non-hydrogen) atoms. The van der Waals surface area contributed by atoms with Crippen LogP contribution in [-0.2, 0) is 4.79 Å². The minimum absolute atomic E-state index is 0.00450. The van der Waals surface area contributed by atoms with Gasteiger partial charge in [0, 0.05) is 6.54 Å². The van der Waals surface area contributed by atoms with Crippen molar-refractivity contribution in [1.82, 2.24) is 10.3 Å². The Morgan fingerprint density at radius 1 is 1.52 bits per heavy atom. The normalized spacial score (nSPS) is 15.4. The Morgan fingerprint density at radius 3 is 3.04 bits per heavy atom. The van der Waals surface area contributed by atoms with Gasteiger partial charge in [-0.25, -0.2) is 0 Å². The van der Waals surface area contributed by atoms with E-state index < -0.39 is 11.0 Å². The monoisotopic (exact) mass is 319 g/mol. The second-order valence-corrected chi connectivity index (χ2v) is 5.49. The highest BCUT2D eigenvalue weighted by Gasteiger charge is 2.21. The lowest BCUT2D eigenvalue weighted by molar-refractivity contribution is -0.390. The van der Waals surface area contributed by atoms with E-state index in [1.807, 2.05) is 0 Å². The molecule has 0 bridgehead atoms. The lowest BCUT2D eigenvalue weighted by Crippen LogP contribution is -2.37. The summed E-state index contributed by atoms with van der Waals surface area (Å²) < 4.78 is 5.38. The number of rotatable bonds is 7. The second kappa shape index (κ2) is 8.26. The van der Waals surface area contributed by atoms with Gasteiger partial charge in [0.2, 0.25) is 5.75 Å². The van der Waals surface area contributed by atoms with Crippen molar-refractivity contribution in [2.45, 2.75) is 45.1 Å². The third-order valence-corrected chi connectivity index (χ3v) is 3.73. The molecule has 0 spiro atoms. The first kappa shape index (κ1) is 16.9. The zero-order valence-corrected chi connectivity index (χ0v) is 13.2. The number of nitrogens with one attached hydrogen (secondary N) is 1. The number of pyridine rings is 1. The van der Waals surface area contributed by atoms with Gasteiger partial charge < -0.3 is 20.2 Å². The maximum Gasteiger partial charge on any atom is 0.406 e. The molecule has 0 radical (unpaired) electrons. The van der Waals surface area contributed by atoms with Crippen LogP contribution >= 0.6 is 0 Å². The molecule has 1 atom stereocenters. The fourth-order valence-corrected chi connectivity index (χ4v) is 2.48. The molecule has 1 N–H and O–H groups in total. The fourth-order valence-electron chi connectivity index (χ4n) is 2.48. The predicted octanol–water partition coefficient (Wildman–Crippen LogP) is 2.76. The number of hydrogen-bond donors (Lipinski definition) is 1. The first-order valence-electron chi connectivity index (χ1n) is 7.79. The molecule has 0 saturated carbocycles. The van der Waals surface area contributed by atoms with E-state index >= 15 is 0 Å². The Labute approximate surface area is 134 Å². The minimum atomic E-state index is -0.821.